The van der Waals surface area contributed by atoms with Crippen molar-refractivity contribution in [3.05, 3.63) is 11.7 Å². The molecule has 0 spiro atoms. The minimum absolute atomic E-state index is 0.0331. The lowest BCUT2D eigenvalue weighted by molar-refractivity contribution is 0.0306. The average Bonchev–Trinajstić information content (AvgIpc) is 2.94. The van der Waals surface area contributed by atoms with E-state index in [0.29, 0.717) is 24.2 Å². The molecule has 1 aromatic rings. The molecular weight excluding hydrogens is 234 g/mol. The van der Waals surface area contributed by atoms with E-state index in [2.05, 4.69) is 10.1 Å². The van der Waals surface area contributed by atoms with Crippen LogP contribution in [0.4, 0.5) is 0 Å². The van der Waals surface area contributed by atoms with Gasteiger partial charge in [-0.15, -0.1) is 0 Å². The first-order valence-electron chi connectivity index (χ1n) is 6.53. The SMILES string of the molecule is COC(c1noc(C2CCC(CN)O2)n1)C1CC1. The van der Waals surface area contributed by atoms with Crippen molar-refractivity contribution in [1.29, 1.82) is 0 Å². The molecule has 6 heteroatoms. The van der Waals surface area contributed by atoms with Crippen molar-refractivity contribution >= 4 is 0 Å². The lowest BCUT2D eigenvalue weighted by atomic mass is 10.2. The fourth-order valence-corrected chi connectivity index (χ4v) is 2.46. The second-order valence-electron chi connectivity index (χ2n) is 5.04. The molecule has 2 N–H and O–H groups in total. The van der Waals surface area contributed by atoms with E-state index in [1.54, 1.807) is 7.11 Å². The summed E-state index contributed by atoms with van der Waals surface area (Å²) in [7, 11) is 1.69. The van der Waals surface area contributed by atoms with Gasteiger partial charge in [0.15, 0.2) is 0 Å². The van der Waals surface area contributed by atoms with Gasteiger partial charge >= 0.3 is 0 Å². The van der Waals surface area contributed by atoms with Gasteiger partial charge in [0.2, 0.25) is 5.82 Å². The number of ether oxygens (including phenoxy) is 2. The van der Waals surface area contributed by atoms with Gasteiger partial charge in [-0.05, 0) is 31.6 Å². The van der Waals surface area contributed by atoms with Gasteiger partial charge in [0.05, 0.1) is 6.10 Å². The lowest BCUT2D eigenvalue weighted by Gasteiger charge is -2.09. The molecule has 1 saturated carbocycles. The number of aromatic nitrogens is 2. The predicted molar refractivity (Wildman–Crippen MR) is 62.7 cm³/mol. The third-order valence-electron chi connectivity index (χ3n) is 3.66. The van der Waals surface area contributed by atoms with Gasteiger partial charge in [0.25, 0.3) is 5.89 Å². The van der Waals surface area contributed by atoms with E-state index >= 15 is 0 Å². The maximum Gasteiger partial charge on any atom is 0.255 e. The first kappa shape index (κ1) is 12.1. The van der Waals surface area contributed by atoms with E-state index in [1.807, 2.05) is 0 Å². The van der Waals surface area contributed by atoms with Crippen LogP contribution >= 0.6 is 0 Å². The van der Waals surface area contributed by atoms with Crippen molar-refractivity contribution in [3.8, 4) is 0 Å². The molecule has 1 aromatic heterocycles. The highest BCUT2D eigenvalue weighted by molar-refractivity contribution is 5.00. The molecule has 0 radical (unpaired) electrons. The van der Waals surface area contributed by atoms with Crippen LogP contribution in [0.25, 0.3) is 0 Å². The van der Waals surface area contributed by atoms with Crippen LogP contribution in [0.15, 0.2) is 4.52 Å². The fraction of sp³-hybridized carbons (Fsp3) is 0.833. The van der Waals surface area contributed by atoms with Crippen LogP contribution in [0.3, 0.4) is 0 Å². The average molecular weight is 253 g/mol. The highest BCUT2D eigenvalue weighted by Gasteiger charge is 2.37. The van der Waals surface area contributed by atoms with Crippen LogP contribution in [0.1, 0.15) is 49.6 Å². The topological polar surface area (TPSA) is 83.4 Å². The molecule has 2 fully saturated rings. The number of hydrogen-bond acceptors (Lipinski definition) is 6. The fourth-order valence-electron chi connectivity index (χ4n) is 2.46. The Hall–Kier alpha value is -0.980. The Bertz CT molecular complexity index is 405. The number of rotatable bonds is 5. The second kappa shape index (κ2) is 4.95. The highest BCUT2D eigenvalue weighted by Crippen LogP contribution is 2.42. The van der Waals surface area contributed by atoms with Crippen molar-refractivity contribution in [1.82, 2.24) is 10.1 Å². The molecule has 0 aromatic carbocycles. The Labute approximate surface area is 106 Å². The molecule has 0 amide bonds. The zero-order valence-corrected chi connectivity index (χ0v) is 10.5. The lowest BCUT2D eigenvalue weighted by Crippen LogP contribution is -2.18. The molecule has 3 unspecified atom stereocenters. The minimum atomic E-state index is -0.100. The summed E-state index contributed by atoms with van der Waals surface area (Å²) >= 11 is 0. The maximum absolute atomic E-state index is 5.74. The van der Waals surface area contributed by atoms with Gasteiger partial charge in [-0.3, -0.25) is 0 Å². The number of nitrogens with two attached hydrogens (primary N) is 1. The normalized spacial score (nSPS) is 29.7. The van der Waals surface area contributed by atoms with Crippen LogP contribution < -0.4 is 5.73 Å². The van der Waals surface area contributed by atoms with Crippen LogP contribution in [0, 0.1) is 5.92 Å². The molecule has 3 atom stereocenters. The zero-order chi connectivity index (χ0) is 12.5. The standard InChI is InChI=1S/C12H19N3O3/c1-16-10(7-2-3-7)11-14-12(18-15-11)9-5-4-8(6-13)17-9/h7-10H,2-6,13H2,1H3. The van der Waals surface area contributed by atoms with E-state index in [4.69, 9.17) is 19.7 Å². The van der Waals surface area contributed by atoms with Crippen molar-refractivity contribution in [2.75, 3.05) is 13.7 Å². The Balaban J connectivity index is 1.69. The van der Waals surface area contributed by atoms with Gasteiger partial charge in [-0.25, -0.2) is 0 Å². The van der Waals surface area contributed by atoms with Gasteiger partial charge < -0.3 is 19.7 Å². The molecule has 100 valence electrons. The van der Waals surface area contributed by atoms with Crippen molar-refractivity contribution in [2.45, 2.75) is 44.0 Å². The number of hydrogen-bond donors (Lipinski definition) is 1. The van der Waals surface area contributed by atoms with Crippen molar-refractivity contribution in [3.63, 3.8) is 0 Å². The third-order valence-corrected chi connectivity index (χ3v) is 3.66. The minimum Gasteiger partial charge on any atom is -0.373 e. The van der Waals surface area contributed by atoms with Crippen LogP contribution in [-0.2, 0) is 9.47 Å². The van der Waals surface area contributed by atoms with E-state index in [0.717, 1.165) is 12.8 Å². The second-order valence-corrected chi connectivity index (χ2v) is 5.04. The summed E-state index contributed by atoms with van der Waals surface area (Å²) in [5, 5.41) is 4.02. The molecule has 2 heterocycles. The van der Waals surface area contributed by atoms with Gasteiger partial charge in [0, 0.05) is 13.7 Å². The first-order chi connectivity index (χ1) is 8.81. The van der Waals surface area contributed by atoms with Crippen LogP contribution in [0.5, 0.6) is 0 Å². The predicted octanol–water partition coefficient (Wildman–Crippen LogP) is 1.35. The van der Waals surface area contributed by atoms with E-state index in [-0.39, 0.29) is 18.3 Å². The van der Waals surface area contributed by atoms with E-state index in [1.165, 1.54) is 12.8 Å². The Kier molecular flexibility index (Phi) is 3.32. The monoisotopic (exact) mass is 253 g/mol. The first-order valence-corrected chi connectivity index (χ1v) is 6.53. The summed E-state index contributed by atoms with van der Waals surface area (Å²) in [5.74, 6) is 1.75. The van der Waals surface area contributed by atoms with Gasteiger partial charge in [0.1, 0.15) is 12.2 Å². The highest BCUT2D eigenvalue weighted by atomic mass is 16.5. The number of nitrogens with zero attached hydrogens (tertiary/aromatic N) is 2. The third kappa shape index (κ3) is 2.28. The summed E-state index contributed by atoms with van der Waals surface area (Å²) in [6, 6.07) is 0. The van der Waals surface area contributed by atoms with E-state index in [9.17, 15) is 0 Å². The molecule has 0 bridgehead atoms. The molecule has 1 aliphatic heterocycles. The van der Waals surface area contributed by atoms with Gasteiger partial charge in [-0.1, -0.05) is 5.16 Å². The summed E-state index contributed by atoms with van der Waals surface area (Å²) in [5.41, 5.74) is 5.59. The molecule has 6 nitrogen and oxygen atoms in total. The summed E-state index contributed by atoms with van der Waals surface area (Å²) < 4.78 is 16.5. The summed E-state index contributed by atoms with van der Waals surface area (Å²) in [4.78, 5) is 4.42. The maximum atomic E-state index is 5.74. The summed E-state index contributed by atoms with van der Waals surface area (Å²) in [6.45, 7) is 0.542. The molecule has 2 aliphatic rings. The largest absolute Gasteiger partial charge is 0.373 e. The smallest absolute Gasteiger partial charge is 0.255 e. The van der Waals surface area contributed by atoms with Crippen LogP contribution in [-0.4, -0.2) is 29.9 Å². The van der Waals surface area contributed by atoms with Crippen molar-refractivity contribution in [2.24, 2.45) is 11.7 Å². The molecule has 1 aliphatic carbocycles. The quantitative estimate of drug-likeness (QED) is 0.852. The Morgan fingerprint density at radius 1 is 1.39 bits per heavy atom. The van der Waals surface area contributed by atoms with E-state index < -0.39 is 0 Å². The summed E-state index contributed by atoms with van der Waals surface area (Å²) in [6.07, 6.45) is 4.19. The Morgan fingerprint density at radius 3 is 2.83 bits per heavy atom. The van der Waals surface area contributed by atoms with Crippen LogP contribution in [0.2, 0.25) is 0 Å². The molecular formula is C12H19N3O3. The molecule has 1 saturated heterocycles. The molecule has 18 heavy (non-hydrogen) atoms. The Morgan fingerprint density at radius 2 is 2.22 bits per heavy atom. The number of methoxy groups -OCH3 is 1. The van der Waals surface area contributed by atoms with Crippen molar-refractivity contribution < 1.29 is 14.0 Å². The zero-order valence-electron chi connectivity index (χ0n) is 10.5. The van der Waals surface area contributed by atoms with Gasteiger partial charge in [-0.2, -0.15) is 4.98 Å². The molecule has 3 rings (SSSR count).